The summed E-state index contributed by atoms with van der Waals surface area (Å²) in [5, 5.41) is 5.24. The molecule has 4 rings (SSSR count). The van der Waals surface area contributed by atoms with Crippen LogP contribution in [0.1, 0.15) is 18.9 Å². The molecule has 6 nitrogen and oxygen atoms in total. The second-order valence-electron chi connectivity index (χ2n) is 6.98. The minimum absolute atomic E-state index is 0.121. The molecule has 28 heavy (non-hydrogen) atoms. The molecule has 0 aromatic heterocycles. The first kappa shape index (κ1) is 18.8. The largest absolute Gasteiger partial charge is 0.490 e. The highest BCUT2D eigenvalue weighted by Crippen LogP contribution is 2.52. The Labute approximate surface area is 171 Å². The van der Waals surface area contributed by atoms with Crippen LogP contribution >= 0.6 is 15.9 Å². The van der Waals surface area contributed by atoms with Gasteiger partial charge in [0.05, 0.1) is 24.7 Å². The minimum Gasteiger partial charge on any atom is -0.490 e. The van der Waals surface area contributed by atoms with Gasteiger partial charge in [0.15, 0.2) is 11.5 Å². The number of ether oxygens (including phenoxy) is 2. The maximum absolute atomic E-state index is 12.7. The summed E-state index contributed by atoms with van der Waals surface area (Å²) in [6.07, 6.45) is 11.8. The molecular formula is C21H19BrN2O4. The van der Waals surface area contributed by atoms with Crippen LogP contribution in [-0.2, 0) is 9.59 Å². The predicted molar refractivity (Wildman–Crippen MR) is 107 cm³/mol. The minimum atomic E-state index is -0.262. The van der Waals surface area contributed by atoms with Gasteiger partial charge in [0.1, 0.15) is 6.61 Å². The molecule has 0 N–H and O–H groups in total. The number of rotatable bonds is 6. The van der Waals surface area contributed by atoms with E-state index in [1.807, 2.05) is 6.92 Å². The van der Waals surface area contributed by atoms with Crippen molar-refractivity contribution in [2.45, 2.75) is 13.3 Å². The van der Waals surface area contributed by atoms with Crippen molar-refractivity contribution in [3.63, 3.8) is 0 Å². The number of halogens is 1. The highest BCUT2D eigenvalue weighted by Gasteiger charge is 2.59. The van der Waals surface area contributed by atoms with Gasteiger partial charge in [-0.15, -0.1) is 6.42 Å². The number of hydrogen-bond donors (Lipinski definition) is 0. The van der Waals surface area contributed by atoms with Crippen molar-refractivity contribution in [3.8, 4) is 23.8 Å². The Morgan fingerprint density at radius 2 is 1.86 bits per heavy atom. The highest BCUT2D eigenvalue weighted by molar-refractivity contribution is 9.10. The molecule has 0 spiro atoms. The van der Waals surface area contributed by atoms with Gasteiger partial charge < -0.3 is 9.47 Å². The summed E-state index contributed by atoms with van der Waals surface area (Å²) in [6.45, 7) is 2.44. The quantitative estimate of drug-likeness (QED) is 0.294. The van der Waals surface area contributed by atoms with Crippen LogP contribution in [0.2, 0.25) is 0 Å². The Morgan fingerprint density at radius 1 is 1.21 bits per heavy atom. The summed E-state index contributed by atoms with van der Waals surface area (Å²) in [6, 6.07) is 3.47. The van der Waals surface area contributed by atoms with Crippen molar-refractivity contribution in [1.29, 1.82) is 0 Å². The van der Waals surface area contributed by atoms with Gasteiger partial charge >= 0.3 is 0 Å². The van der Waals surface area contributed by atoms with E-state index >= 15 is 0 Å². The maximum Gasteiger partial charge on any atom is 0.254 e. The molecule has 1 aromatic rings. The SMILES string of the molecule is C#CCOc1cc(Br)c(C=NN2C(=O)C3C4C=CC(C4)C3C2=O)cc1OCC. The summed E-state index contributed by atoms with van der Waals surface area (Å²) in [5.74, 6) is 2.82. The number of fused-ring (bicyclic) bond motifs is 5. The number of nitrogens with zero attached hydrogens (tertiary/aromatic N) is 2. The Kier molecular flexibility index (Phi) is 4.98. The fourth-order valence-corrected chi connectivity index (χ4v) is 4.70. The van der Waals surface area contributed by atoms with E-state index in [0.717, 1.165) is 11.4 Å². The van der Waals surface area contributed by atoms with Crippen LogP contribution in [0, 0.1) is 36.0 Å². The van der Waals surface area contributed by atoms with E-state index in [-0.39, 0.29) is 42.1 Å². The van der Waals surface area contributed by atoms with E-state index in [1.54, 1.807) is 12.1 Å². The average molecular weight is 443 g/mol. The van der Waals surface area contributed by atoms with Crippen LogP contribution < -0.4 is 9.47 Å². The van der Waals surface area contributed by atoms with E-state index in [0.29, 0.717) is 28.1 Å². The molecule has 4 atom stereocenters. The molecule has 2 bridgehead atoms. The number of benzene rings is 1. The van der Waals surface area contributed by atoms with Gasteiger partial charge in [-0.25, -0.2) is 0 Å². The number of hydrazone groups is 1. The molecule has 1 aliphatic heterocycles. The Balaban J connectivity index is 1.58. The van der Waals surface area contributed by atoms with Gasteiger partial charge in [0, 0.05) is 10.0 Å². The monoisotopic (exact) mass is 442 g/mol. The third-order valence-corrected chi connectivity index (χ3v) is 6.12. The van der Waals surface area contributed by atoms with Crippen molar-refractivity contribution < 1.29 is 19.1 Å². The third-order valence-electron chi connectivity index (χ3n) is 5.43. The van der Waals surface area contributed by atoms with E-state index in [1.165, 1.54) is 6.21 Å². The molecule has 0 radical (unpaired) electrons. The van der Waals surface area contributed by atoms with Gasteiger partial charge in [-0.2, -0.15) is 10.1 Å². The normalized spacial score (nSPS) is 27.5. The lowest BCUT2D eigenvalue weighted by Gasteiger charge is -2.13. The van der Waals surface area contributed by atoms with Crippen molar-refractivity contribution >= 4 is 34.0 Å². The highest BCUT2D eigenvalue weighted by atomic mass is 79.9. The number of hydrogen-bond acceptors (Lipinski definition) is 5. The molecule has 2 amide bonds. The van der Waals surface area contributed by atoms with Crippen molar-refractivity contribution in [2.75, 3.05) is 13.2 Å². The fourth-order valence-electron chi connectivity index (χ4n) is 4.27. The first-order chi connectivity index (χ1) is 13.5. The molecule has 3 aliphatic rings. The summed E-state index contributed by atoms with van der Waals surface area (Å²) < 4.78 is 11.8. The third kappa shape index (κ3) is 3.02. The first-order valence-corrected chi connectivity index (χ1v) is 9.97. The molecule has 4 unspecified atom stereocenters. The smallest absolute Gasteiger partial charge is 0.254 e. The average Bonchev–Trinajstić information content (AvgIpc) is 3.35. The lowest BCUT2D eigenvalue weighted by molar-refractivity contribution is -0.140. The molecule has 1 heterocycles. The summed E-state index contributed by atoms with van der Waals surface area (Å²) >= 11 is 3.47. The van der Waals surface area contributed by atoms with Crippen LogP contribution in [0.3, 0.4) is 0 Å². The number of carbonyl (C=O) groups is 2. The molecular weight excluding hydrogens is 424 g/mol. The molecule has 1 aromatic carbocycles. The van der Waals surface area contributed by atoms with Crippen LogP contribution in [0.25, 0.3) is 0 Å². The van der Waals surface area contributed by atoms with E-state index in [9.17, 15) is 9.59 Å². The molecule has 1 saturated carbocycles. The summed E-state index contributed by atoms with van der Waals surface area (Å²) in [5.41, 5.74) is 0.662. The Morgan fingerprint density at radius 3 is 2.46 bits per heavy atom. The number of carbonyl (C=O) groups excluding carboxylic acids is 2. The summed E-state index contributed by atoms with van der Waals surface area (Å²) in [4.78, 5) is 25.4. The molecule has 7 heteroatoms. The molecule has 1 saturated heterocycles. The van der Waals surface area contributed by atoms with E-state index < -0.39 is 0 Å². The van der Waals surface area contributed by atoms with Crippen LogP contribution in [0.15, 0.2) is 33.9 Å². The van der Waals surface area contributed by atoms with Crippen molar-refractivity contribution in [3.05, 3.63) is 34.3 Å². The standard InChI is InChI=1S/C21H19BrN2O4/c1-3-7-28-17-10-15(22)14(9-16(17)27-4-2)11-23-24-20(25)18-12-5-6-13(8-12)19(18)21(24)26/h1,5-6,9-13,18-19H,4,7-8H2,2H3. The van der Waals surface area contributed by atoms with E-state index in [2.05, 4.69) is 39.1 Å². The Bertz CT molecular complexity index is 903. The van der Waals surface area contributed by atoms with Crippen molar-refractivity contribution in [1.82, 2.24) is 5.01 Å². The number of terminal acetylenes is 1. The maximum atomic E-state index is 12.7. The van der Waals surface area contributed by atoms with Crippen LogP contribution in [0.5, 0.6) is 11.5 Å². The van der Waals surface area contributed by atoms with Gasteiger partial charge in [-0.1, -0.05) is 18.1 Å². The second kappa shape index (κ2) is 7.44. The molecule has 2 aliphatic carbocycles. The lowest BCUT2D eigenvalue weighted by Crippen LogP contribution is -2.28. The van der Waals surface area contributed by atoms with Crippen molar-refractivity contribution in [2.24, 2.45) is 28.8 Å². The zero-order valence-electron chi connectivity index (χ0n) is 15.3. The fraction of sp³-hybridized carbons (Fsp3) is 0.381. The molecule has 144 valence electrons. The van der Waals surface area contributed by atoms with E-state index in [4.69, 9.17) is 15.9 Å². The predicted octanol–water partition coefficient (Wildman–Crippen LogP) is 3.00. The molecule has 2 fully saturated rings. The van der Waals surface area contributed by atoms with Gasteiger partial charge in [-0.3, -0.25) is 9.59 Å². The van der Waals surface area contributed by atoms with Gasteiger partial charge in [0.2, 0.25) is 0 Å². The van der Waals surface area contributed by atoms with Gasteiger partial charge in [0.25, 0.3) is 11.8 Å². The zero-order valence-corrected chi connectivity index (χ0v) is 16.9. The zero-order chi connectivity index (χ0) is 19.8. The van der Waals surface area contributed by atoms with Crippen LogP contribution in [0.4, 0.5) is 0 Å². The van der Waals surface area contributed by atoms with Gasteiger partial charge in [-0.05, 0) is 53.2 Å². The number of allylic oxidation sites excluding steroid dienone is 2. The second-order valence-corrected chi connectivity index (χ2v) is 7.83. The Hall–Kier alpha value is -2.59. The topological polar surface area (TPSA) is 68.2 Å². The number of amides is 2. The van der Waals surface area contributed by atoms with Crippen LogP contribution in [-0.4, -0.2) is 36.3 Å². The number of imide groups is 1. The first-order valence-electron chi connectivity index (χ1n) is 9.17. The lowest BCUT2D eigenvalue weighted by atomic mass is 9.85. The summed E-state index contributed by atoms with van der Waals surface area (Å²) in [7, 11) is 0.